The van der Waals surface area contributed by atoms with Crippen LogP contribution in [0.2, 0.25) is 0 Å². The van der Waals surface area contributed by atoms with Gasteiger partial charge in [-0.05, 0) is 0 Å². The van der Waals surface area contributed by atoms with Gasteiger partial charge in [0, 0.05) is 0 Å². The van der Waals surface area contributed by atoms with Gasteiger partial charge in [0.05, 0.1) is 0 Å². The number of benzene rings is 1. The van der Waals surface area contributed by atoms with Crippen LogP contribution in [0.5, 0.6) is 0 Å². The van der Waals surface area contributed by atoms with Gasteiger partial charge in [0.15, 0.2) is 0 Å². The summed E-state index contributed by atoms with van der Waals surface area (Å²) in [5.74, 6) is 0. The molecule has 1 aromatic rings. The smallest absolute Gasteiger partial charge is 0.263 e. The van der Waals surface area contributed by atoms with Crippen molar-refractivity contribution in [2.45, 2.75) is 74.7 Å². The average Bonchev–Trinajstić information content (AvgIpc) is 2.68. The summed E-state index contributed by atoms with van der Waals surface area (Å²) in [5.41, 5.74) is 8.80. The molecule has 0 aliphatic heterocycles. The van der Waals surface area contributed by atoms with Gasteiger partial charge in [0.25, 0.3) is 0 Å². The van der Waals surface area contributed by atoms with Crippen molar-refractivity contribution in [2.75, 3.05) is 0 Å². The van der Waals surface area contributed by atoms with Gasteiger partial charge in [-0.2, -0.15) is 40.5 Å². The first-order chi connectivity index (χ1) is 10.3. The van der Waals surface area contributed by atoms with E-state index in [0.717, 1.165) is 19.3 Å². The topological polar surface area (TPSA) is 0 Å². The molecule has 0 spiro atoms. The number of rotatable bonds is 3. The summed E-state index contributed by atoms with van der Waals surface area (Å²) >= 11 is 0. The van der Waals surface area contributed by atoms with E-state index in [1.807, 2.05) is 0 Å². The molecule has 129 valence electrons. The molecule has 2 rings (SSSR count). The van der Waals surface area contributed by atoms with Crippen molar-refractivity contribution in [3.05, 3.63) is 57.7 Å². The summed E-state index contributed by atoms with van der Waals surface area (Å²) in [7, 11) is 0. The molecule has 0 N–H and O–H groups in total. The monoisotopic (exact) mass is 399 g/mol. The molecule has 0 atom stereocenters. The summed E-state index contributed by atoms with van der Waals surface area (Å²) in [5, 5.41) is 0. The van der Waals surface area contributed by atoms with Gasteiger partial charge in [-0.25, -0.2) is 5.57 Å². The zero-order valence-electron chi connectivity index (χ0n) is 16.1. The summed E-state index contributed by atoms with van der Waals surface area (Å²) < 4.78 is 0. The third-order valence-corrected chi connectivity index (χ3v) is 4.94. The maximum Gasteiger partial charge on any atom is 2.00 e. The Morgan fingerprint density at radius 3 is 1.87 bits per heavy atom. The average molecular weight is 399 g/mol. The molecule has 0 bridgehead atoms. The molecule has 0 heterocycles. The zero-order valence-corrected chi connectivity index (χ0v) is 17.7. The second-order valence-electron chi connectivity index (χ2n) is 6.65. The van der Waals surface area contributed by atoms with Crippen molar-refractivity contribution in [3.63, 3.8) is 0 Å². The summed E-state index contributed by atoms with van der Waals surface area (Å²) in [6, 6.07) is 7.56. The van der Waals surface area contributed by atoms with Crippen LogP contribution in [0.15, 0.2) is 28.9 Å². The van der Waals surface area contributed by atoms with E-state index >= 15 is 0 Å². The van der Waals surface area contributed by atoms with Crippen LogP contribution in [0.1, 0.15) is 72.1 Å². The molecule has 0 fully saturated rings. The fourth-order valence-electron chi connectivity index (χ4n) is 3.12. The van der Waals surface area contributed by atoms with Crippen LogP contribution in [0.4, 0.5) is 0 Å². The van der Waals surface area contributed by atoms with Crippen molar-refractivity contribution in [1.29, 1.82) is 0 Å². The molecule has 1 aliphatic rings. The molecule has 0 saturated heterocycles. The van der Waals surface area contributed by atoms with E-state index < -0.39 is 0 Å². The van der Waals surface area contributed by atoms with Gasteiger partial charge in [-0.3, -0.25) is 6.08 Å². The Kier molecular flexibility index (Phi) is 9.30. The first-order valence-corrected chi connectivity index (χ1v) is 8.59. The first kappa shape index (κ1) is 22.3. The molecule has 0 amide bonds. The Hall–Kier alpha value is -0.677. The van der Waals surface area contributed by atoms with E-state index in [4.69, 9.17) is 0 Å². The molecule has 0 saturated carbocycles. The van der Waals surface area contributed by atoms with Crippen LogP contribution >= 0.6 is 0 Å². The largest absolute Gasteiger partial charge is 2.00 e. The van der Waals surface area contributed by atoms with Crippen LogP contribution in [0.3, 0.4) is 0 Å². The molecule has 1 radical (unpaired) electrons. The fourth-order valence-corrected chi connectivity index (χ4v) is 3.12. The summed E-state index contributed by atoms with van der Waals surface area (Å²) in [6.07, 6.45) is 6.83. The van der Waals surface area contributed by atoms with Crippen molar-refractivity contribution in [1.82, 2.24) is 0 Å². The van der Waals surface area contributed by atoms with Crippen LogP contribution < -0.4 is 0 Å². The third-order valence-electron chi connectivity index (χ3n) is 4.94. The second-order valence-corrected chi connectivity index (χ2v) is 6.65. The van der Waals surface area contributed by atoms with E-state index in [-0.39, 0.29) is 24.9 Å². The molecule has 0 aromatic heterocycles. The van der Waals surface area contributed by atoms with Crippen molar-refractivity contribution in [2.24, 2.45) is 5.41 Å². The molecular formula is C22H32Rh. The van der Waals surface area contributed by atoms with Crippen LogP contribution in [-0.2, 0) is 38.7 Å². The SMILES string of the molecule is CC1=[C-]C(C)(C)C(C)=C1C.CCc1[c-]ccc(CC)c1CC.[Rh+2]. The first-order valence-electron chi connectivity index (χ1n) is 8.59. The van der Waals surface area contributed by atoms with Crippen LogP contribution in [0.25, 0.3) is 0 Å². The Bertz CT molecular complexity index is 551. The van der Waals surface area contributed by atoms with E-state index in [1.165, 1.54) is 33.4 Å². The number of aryl methyl sites for hydroxylation is 2. The minimum atomic E-state index is 0. The Balaban J connectivity index is 0.000000409. The summed E-state index contributed by atoms with van der Waals surface area (Å²) in [4.78, 5) is 0. The normalized spacial score (nSPS) is 15.6. The number of allylic oxidation sites excluding steroid dienone is 4. The van der Waals surface area contributed by atoms with Gasteiger partial charge >= 0.3 is 19.5 Å². The molecule has 0 nitrogen and oxygen atoms in total. The molecule has 1 aliphatic carbocycles. The molecular weight excluding hydrogens is 367 g/mol. The summed E-state index contributed by atoms with van der Waals surface area (Å²) in [6.45, 7) is 17.6. The molecule has 23 heavy (non-hydrogen) atoms. The Labute approximate surface area is 157 Å². The third kappa shape index (κ3) is 5.42. The predicted octanol–water partition coefficient (Wildman–Crippen LogP) is 6.28. The number of hydrogen-bond acceptors (Lipinski definition) is 0. The van der Waals surface area contributed by atoms with E-state index in [0.29, 0.717) is 0 Å². The maximum atomic E-state index is 3.44. The quantitative estimate of drug-likeness (QED) is 0.414. The fraction of sp³-hybridized carbons (Fsp3) is 0.545. The van der Waals surface area contributed by atoms with Gasteiger partial charge < -0.3 is 0 Å². The Morgan fingerprint density at radius 2 is 1.57 bits per heavy atom. The number of hydrogen-bond donors (Lipinski definition) is 0. The van der Waals surface area contributed by atoms with E-state index in [2.05, 4.69) is 79.7 Å². The standard InChI is InChI=1S/C12H17.C10H15.Rh/c1-4-10-8-7-9-11(5-2)12(10)6-3;1-7-6-10(4,5)9(3)8(7)2;/h7-8H,4-6H2,1-3H3;1-5H3;/q2*-1;+2. The maximum absolute atomic E-state index is 3.44. The van der Waals surface area contributed by atoms with Gasteiger partial charge in [-0.1, -0.05) is 73.1 Å². The molecule has 0 unspecified atom stereocenters. The van der Waals surface area contributed by atoms with Gasteiger partial charge in [-0.15, -0.1) is 12.5 Å². The minimum Gasteiger partial charge on any atom is -0.263 e. The van der Waals surface area contributed by atoms with E-state index in [9.17, 15) is 0 Å². The van der Waals surface area contributed by atoms with Crippen molar-refractivity contribution >= 4 is 0 Å². The van der Waals surface area contributed by atoms with Crippen LogP contribution in [0, 0.1) is 17.6 Å². The van der Waals surface area contributed by atoms with Crippen molar-refractivity contribution in [3.8, 4) is 0 Å². The van der Waals surface area contributed by atoms with E-state index in [1.54, 1.807) is 0 Å². The van der Waals surface area contributed by atoms with Crippen molar-refractivity contribution < 1.29 is 19.5 Å². The minimum absolute atomic E-state index is 0. The molecule has 1 aromatic carbocycles. The van der Waals surface area contributed by atoms with Gasteiger partial charge in [0.1, 0.15) is 0 Å². The Morgan fingerprint density at radius 1 is 0.957 bits per heavy atom. The molecule has 1 heteroatoms. The van der Waals surface area contributed by atoms with Crippen LogP contribution in [-0.4, -0.2) is 0 Å². The van der Waals surface area contributed by atoms with Gasteiger partial charge in [0.2, 0.25) is 0 Å². The predicted molar refractivity (Wildman–Crippen MR) is 98.0 cm³/mol. The second kappa shape index (κ2) is 9.58. The zero-order chi connectivity index (χ0) is 16.9.